The number of aromatic nitrogens is 4. The van der Waals surface area contributed by atoms with Crippen molar-refractivity contribution in [2.45, 2.75) is 128 Å². The minimum absolute atomic E-state index is 0.262. The van der Waals surface area contributed by atoms with Gasteiger partial charge in [-0.3, -0.25) is 0 Å². The van der Waals surface area contributed by atoms with Gasteiger partial charge in [-0.05, 0) is 337 Å². The van der Waals surface area contributed by atoms with Crippen molar-refractivity contribution in [1.29, 1.82) is 0 Å². The Labute approximate surface area is 704 Å². The lowest BCUT2D eigenvalue weighted by Gasteiger charge is -2.20. The Hall–Kier alpha value is -12.8. The lowest BCUT2D eigenvalue weighted by Crippen LogP contribution is -2.32. The van der Waals surface area contributed by atoms with Crippen LogP contribution in [0.2, 0.25) is 0 Å². The quantitative estimate of drug-likeness (QED) is 0.121. The molecule has 0 saturated carbocycles. The summed E-state index contributed by atoms with van der Waals surface area (Å²) in [7, 11) is 8.71. The molecule has 0 saturated heterocycles. The van der Waals surface area contributed by atoms with Gasteiger partial charge in [0.1, 0.15) is 28.2 Å². The Kier molecular flexibility index (Phi) is 17.4. The molecule has 0 spiro atoms. The first-order valence-electron chi connectivity index (χ1n) is 43.4. The molecule has 4 nitrogen and oxygen atoms in total. The number of fused-ring (bicyclic) bond motifs is 18. The molecule has 0 N–H and O–H groups in total. The summed E-state index contributed by atoms with van der Waals surface area (Å²) in [6, 6.07) is 86.5. The van der Waals surface area contributed by atoms with Crippen molar-refractivity contribution in [1.82, 2.24) is 0 Å². The summed E-state index contributed by atoms with van der Waals surface area (Å²) in [6.07, 6.45) is 14.3. The van der Waals surface area contributed by atoms with E-state index in [-0.39, 0.29) is 5.41 Å². The molecule has 16 aromatic carbocycles. The zero-order chi connectivity index (χ0) is 82.5. The number of pyridine rings is 4. The predicted molar refractivity (Wildman–Crippen MR) is 509 cm³/mol. The molecule has 584 valence electrons. The number of rotatable bonds is 5. The van der Waals surface area contributed by atoms with Gasteiger partial charge in [-0.1, -0.05) is 211 Å². The molecular formula is C116H104N4+4. The van der Waals surface area contributed by atoms with E-state index in [4.69, 9.17) is 0 Å². The van der Waals surface area contributed by atoms with Gasteiger partial charge in [0.05, 0.1) is 10.8 Å². The van der Waals surface area contributed by atoms with E-state index in [1.807, 2.05) is 0 Å². The first kappa shape index (κ1) is 74.8. The fourth-order valence-corrected chi connectivity index (χ4v) is 22.5. The largest absolute Gasteiger partial charge is 0.221 e. The Bertz CT molecular complexity index is 7950. The minimum atomic E-state index is 0.262. The number of hydrogen-bond acceptors (Lipinski definition) is 0. The lowest BCUT2D eigenvalue weighted by atomic mass is 9.85. The van der Waals surface area contributed by atoms with Gasteiger partial charge in [0.15, 0.2) is 24.8 Å². The normalized spacial score (nSPS) is 12.8. The van der Waals surface area contributed by atoms with Crippen LogP contribution in [0.3, 0.4) is 0 Å². The average Bonchev–Trinajstić information content (AvgIpc) is 1.67. The average molecular weight is 1550 g/mol. The van der Waals surface area contributed by atoms with Gasteiger partial charge in [0.25, 0.3) is 0 Å². The zero-order valence-electron chi connectivity index (χ0n) is 72.7. The number of hydrogen-bond donors (Lipinski definition) is 0. The van der Waals surface area contributed by atoms with E-state index in [0.29, 0.717) is 5.92 Å². The van der Waals surface area contributed by atoms with Crippen LogP contribution in [0.15, 0.2) is 255 Å². The molecule has 120 heavy (non-hydrogen) atoms. The molecule has 24 rings (SSSR count). The molecule has 0 amide bonds. The van der Waals surface area contributed by atoms with Gasteiger partial charge in [0, 0.05) is 57.6 Å². The van der Waals surface area contributed by atoms with Crippen LogP contribution in [0.5, 0.6) is 0 Å². The van der Waals surface area contributed by atoms with Gasteiger partial charge in [0.2, 0.25) is 22.6 Å². The lowest BCUT2D eigenvalue weighted by molar-refractivity contribution is -0.660. The highest BCUT2D eigenvalue weighted by atomic mass is 14.9. The molecule has 0 fully saturated rings. The topological polar surface area (TPSA) is 15.5 Å². The summed E-state index contributed by atoms with van der Waals surface area (Å²) in [6.45, 7) is 29.7. The van der Waals surface area contributed by atoms with E-state index in [2.05, 4.69) is 392 Å². The summed E-state index contributed by atoms with van der Waals surface area (Å²) in [5.74, 6) is 0.514. The van der Waals surface area contributed by atoms with Crippen LogP contribution >= 0.6 is 0 Å². The third kappa shape index (κ3) is 11.5. The second-order valence-corrected chi connectivity index (χ2v) is 37.2. The maximum atomic E-state index is 2.48. The van der Waals surface area contributed by atoms with E-state index in [1.54, 1.807) is 0 Å². The standard InChI is InChI=1S/C32H32N.C30H28N.C28H24N.C26H20N/c1-19-18-33(6)29(15-22(19)17-32(3,4)5)26-16-28-24-12-8-7-11-23(24)25-13-9-10-21-14-27(20(26)2)31(28)30(21)25;1-17(2)24-15-28(31(5)16-18(24)3)25-14-27-22-11-7-6-10-21(22)23-12-8-9-20-13-26(19(25)4)30(27)29(20)23;1-16-12-26(29(4)15-17(16)2)23-14-25-21-10-6-5-9-20(21)22-11-7-8-19-13-24(18(23)3)28(25)27(19)22;1-16-22-14-17-8-3-4-9-18(17)23(22)15-24-20-11-6-5-10-19(20)21-12-7-13-27(2)26(21)25(16)24/h7-13,15-16,18H,14,17H2,1-6H3;6-12,14-17H,13H2,1-5H3;5-12,14-15H,13H2,1-4H3;3-13,15H,14H2,1-2H3/q4*+1. The smallest absolute Gasteiger partial charge is 0.201 e. The summed E-state index contributed by atoms with van der Waals surface area (Å²) in [4.78, 5) is 0. The first-order valence-corrected chi connectivity index (χ1v) is 43.4. The fraction of sp³-hybridized carbons (Fsp3) is 0.207. The third-order valence-electron chi connectivity index (χ3n) is 28.3. The molecular weight excluding hydrogens is 1450 g/mol. The molecule has 4 aliphatic carbocycles. The molecule has 0 atom stereocenters. The third-order valence-corrected chi connectivity index (χ3v) is 28.3. The monoisotopic (exact) mass is 1550 g/mol. The Morgan fingerprint density at radius 2 is 0.625 bits per heavy atom. The molecule has 0 unspecified atom stereocenters. The number of aryl methyl sites for hydroxylation is 9. The summed E-state index contributed by atoms with van der Waals surface area (Å²) in [5, 5.41) is 32.2. The van der Waals surface area contributed by atoms with Crippen LogP contribution in [-0.4, -0.2) is 0 Å². The van der Waals surface area contributed by atoms with Gasteiger partial charge in [-0.2, -0.15) is 0 Å². The highest BCUT2D eigenvalue weighted by molar-refractivity contribution is 6.32. The predicted octanol–water partition coefficient (Wildman–Crippen LogP) is 27.3. The Balaban J connectivity index is 0.0000000992. The van der Waals surface area contributed by atoms with Crippen molar-refractivity contribution in [3.63, 3.8) is 0 Å². The van der Waals surface area contributed by atoms with Crippen molar-refractivity contribution in [3.8, 4) is 44.9 Å². The fourth-order valence-electron chi connectivity index (χ4n) is 22.5. The van der Waals surface area contributed by atoms with Crippen molar-refractivity contribution >= 4 is 129 Å². The SMILES string of the molecule is Cc1c2c(cc3c4ccccc4c4ccc[n+](C)c4c13)-c1ccccc1C2.Cc1c[n+](C)c(-c2cc3c4ccccc4c4cccc5c4c3c(c2C)C5)cc1C(C)C.Cc1c[n+](C)c(-c2cc3c4ccccc4c4cccc5c4c3c(c2C)C5)cc1CC(C)(C)C.Cc1cc(-c2cc3c4ccccc4c4cccc5c4c3c(c2C)C5)[n+](C)cc1C. The maximum absolute atomic E-state index is 2.48. The van der Waals surface area contributed by atoms with Gasteiger partial charge >= 0.3 is 0 Å². The van der Waals surface area contributed by atoms with Gasteiger partial charge in [-0.25, -0.2) is 18.3 Å². The highest BCUT2D eigenvalue weighted by Crippen LogP contribution is 2.52. The highest BCUT2D eigenvalue weighted by Gasteiger charge is 2.33. The van der Waals surface area contributed by atoms with Crippen molar-refractivity contribution < 1.29 is 18.3 Å². The summed E-state index contributed by atoms with van der Waals surface area (Å²) < 4.78 is 9.20. The number of nitrogens with zero attached hydrogens (tertiary/aromatic N) is 4. The van der Waals surface area contributed by atoms with Crippen LogP contribution < -0.4 is 18.3 Å². The van der Waals surface area contributed by atoms with Crippen LogP contribution in [0.4, 0.5) is 0 Å². The van der Waals surface area contributed by atoms with Crippen molar-refractivity contribution in [2.24, 2.45) is 33.6 Å². The van der Waals surface area contributed by atoms with Crippen LogP contribution in [0.25, 0.3) is 174 Å². The van der Waals surface area contributed by atoms with Crippen LogP contribution in [0, 0.1) is 60.8 Å². The van der Waals surface area contributed by atoms with E-state index < -0.39 is 0 Å². The minimum Gasteiger partial charge on any atom is -0.201 e. The molecule has 0 aliphatic heterocycles. The van der Waals surface area contributed by atoms with Gasteiger partial charge in [-0.15, -0.1) is 0 Å². The van der Waals surface area contributed by atoms with Crippen LogP contribution in [-0.2, 0) is 60.3 Å². The molecule has 4 heteroatoms. The van der Waals surface area contributed by atoms with E-state index in [9.17, 15) is 0 Å². The molecule has 4 aromatic heterocycles. The Morgan fingerprint density at radius 3 is 1.07 bits per heavy atom. The first-order chi connectivity index (χ1) is 58.0. The molecule has 0 bridgehead atoms. The second-order valence-electron chi connectivity index (χ2n) is 37.2. The Morgan fingerprint density at radius 1 is 0.275 bits per heavy atom. The zero-order valence-corrected chi connectivity index (χ0v) is 72.7. The molecule has 4 aliphatic rings. The molecule has 4 heterocycles. The summed E-state index contributed by atoms with van der Waals surface area (Å²) >= 11 is 0. The summed E-state index contributed by atoms with van der Waals surface area (Å²) in [5.41, 5.74) is 38.3. The van der Waals surface area contributed by atoms with E-state index in [1.165, 1.54) is 274 Å². The maximum Gasteiger partial charge on any atom is 0.221 e. The van der Waals surface area contributed by atoms with Crippen molar-refractivity contribution in [2.75, 3.05) is 0 Å². The van der Waals surface area contributed by atoms with Gasteiger partial charge < -0.3 is 0 Å². The van der Waals surface area contributed by atoms with Crippen LogP contribution in [0.1, 0.15) is 141 Å². The van der Waals surface area contributed by atoms with Crippen molar-refractivity contribution in [3.05, 3.63) is 355 Å². The second kappa shape index (κ2) is 27.9. The molecule has 0 radical (unpaired) electrons. The van der Waals surface area contributed by atoms with E-state index in [0.717, 1.165) is 32.1 Å². The molecule has 20 aromatic rings. The number of benzene rings is 16. The van der Waals surface area contributed by atoms with E-state index >= 15 is 0 Å².